The second kappa shape index (κ2) is 7.77. The Morgan fingerprint density at radius 3 is 2.78 bits per heavy atom. The number of hydrogen-bond donors (Lipinski definition) is 1. The molecular weight excluding hydrogens is 446 g/mol. The number of aryl methyl sites for hydroxylation is 2. The Bertz CT molecular complexity index is 1070. The number of nitrogens with zero attached hydrogens (tertiary/aromatic N) is 2. The predicted molar refractivity (Wildman–Crippen MR) is 114 cm³/mol. The largest absolute Gasteiger partial charge is 0.358 e. The number of fused-ring (bicyclic) bond motifs is 3. The smallest absolute Gasteiger partial charge is 0.267 e. The average molecular weight is 464 g/mol. The van der Waals surface area contributed by atoms with E-state index in [0.29, 0.717) is 5.16 Å². The summed E-state index contributed by atoms with van der Waals surface area (Å²) in [6.07, 6.45) is 4.24. The average Bonchev–Trinajstić information content (AvgIpc) is 3.05. The van der Waals surface area contributed by atoms with Gasteiger partial charge in [-0.15, -0.1) is 11.3 Å². The van der Waals surface area contributed by atoms with Crippen molar-refractivity contribution in [3.8, 4) is 5.69 Å². The molecular formula is C19H18BrN3O2S2. The molecule has 0 saturated heterocycles. The Hall–Kier alpha value is -1.64. The minimum absolute atomic E-state index is 0.0406. The van der Waals surface area contributed by atoms with Gasteiger partial charge in [0, 0.05) is 16.4 Å². The van der Waals surface area contributed by atoms with Crippen molar-refractivity contribution in [1.82, 2.24) is 14.9 Å². The van der Waals surface area contributed by atoms with Crippen molar-refractivity contribution in [1.29, 1.82) is 0 Å². The molecule has 140 valence electrons. The van der Waals surface area contributed by atoms with E-state index >= 15 is 0 Å². The van der Waals surface area contributed by atoms with Crippen molar-refractivity contribution in [2.24, 2.45) is 0 Å². The Balaban J connectivity index is 1.93. The lowest BCUT2D eigenvalue weighted by Gasteiger charge is -2.13. The third-order valence-corrected chi connectivity index (χ3v) is 7.31. The Labute approximate surface area is 173 Å². The summed E-state index contributed by atoms with van der Waals surface area (Å²) in [6, 6.07) is 7.59. The number of aromatic nitrogens is 2. The van der Waals surface area contributed by atoms with Crippen LogP contribution in [0.15, 0.2) is 38.7 Å². The normalized spacial score (nSPS) is 13.6. The van der Waals surface area contributed by atoms with Crippen LogP contribution in [0.4, 0.5) is 0 Å². The summed E-state index contributed by atoms with van der Waals surface area (Å²) in [4.78, 5) is 32.1. The molecule has 0 bridgehead atoms. The van der Waals surface area contributed by atoms with Crippen LogP contribution in [0.5, 0.6) is 0 Å². The zero-order valence-corrected chi connectivity index (χ0v) is 18.0. The van der Waals surface area contributed by atoms with E-state index in [4.69, 9.17) is 4.98 Å². The van der Waals surface area contributed by atoms with Gasteiger partial charge in [0.1, 0.15) is 4.83 Å². The molecule has 1 aliphatic carbocycles. The number of hydrogen-bond acceptors (Lipinski definition) is 5. The second-order valence-electron chi connectivity index (χ2n) is 6.36. The van der Waals surface area contributed by atoms with E-state index in [9.17, 15) is 9.59 Å². The lowest BCUT2D eigenvalue weighted by Crippen LogP contribution is -2.24. The highest BCUT2D eigenvalue weighted by atomic mass is 79.9. The third-order valence-electron chi connectivity index (χ3n) is 4.65. The molecule has 1 aromatic carbocycles. The first-order chi connectivity index (χ1) is 13.1. The van der Waals surface area contributed by atoms with Crippen LogP contribution in [0.2, 0.25) is 0 Å². The first-order valence-electron chi connectivity index (χ1n) is 8.75. The Morgan fingerprint density at radius 2 is 2.04 bits per heavy atom. The number of thioether (sulfide) groups is 1. The summed E-state index contributed by atoms with van der Waals surface area (Å²) >= 11 is 6.35. The lowest BCUT2D eigenvalue weighted by molar-refractivity contribution is -0.118. The molecule has 5 nitrogen and oxygen atoms in total. The summed E-state index contributed by atoms with van der Waals surface area (Å²) in [7, 11) is 1.61. The zero-order chi connectivity index (χ0) is 19.0. The van der Waals surface area contributed by atoms with Crippen molar-refractivity contribution >= 4 is 55.2 Å². The van der Waals surface area contributed by atoms with Crippen LogP contribution in [0.3, 0.4) is 0 Å². The van der Waals surface area contributed by atoms with Gasteiger partial charge in [0.25, 0.3) is 5.56 Å². The molecule has 2 heterocycles. The third kappa shape index (κ3) is 3.58. The van der Waals surface area contributed by atoms with Crippen molar-refractivity contribution in [2.75, 3.05) is 12.8 Å². The molecule has 0 radical (unpaired) electrons. The van der Waals surface area contributed by atoms with Gasteiger partial charge < -0.3 is 5.32 Å². The lowest BCUT2D eigenvalue weighted by atomic mass is 9.97. The summed E-state index contributed by atoms with van der Waals surface area (Å²) in [5.74, 6) is 0.123. The molecule has 4 rings (SSSR count). The fraction of sp³-hybridized carbons (Fsp3) is 0.316. The van der Waals surface area contributed by atoms with Gasteiger partial charge in [-0.1, -0.05) is 27.7 Å². The highest BCUT2D eigenvalue weighted by Crippen LogP contribution is 2.35. The number of benzene rings is 1. The highest BCUT2D eigenvalue weighted by molar-refractivity contribution is 9.10. The molecule has 0 fully saturated rings. The summed E-state index contributed by atoms with van der Waals surface area (Å²) in [5.41, 5.74) is 1.89. The fourth-order valence-corrected chi connectivity index (χ4v) is 5.75. The van der Waals surface area contributed by atoms with Crippen molar-refractivity contribution in [3.05, 3.63) is 49.5 Å². The van der Waals surface area contributed by atoms with Crippen LogP contribution in [0.25, 0.3) is 15.9 Å². The van der Waals surface area contributed by atoms with Gasteiger partial charge in [0.2, 0.25) is 5.91 Å². The summed E-state index contributed by atoms with van der Waals surface area (Å²) in [6.45, 7) is 0. The van der Waals surface area contributed by atoms with E-state index in [1.165, 1.54) is 28.6 Å². The summed E-state index contributed by atoms with van der Waals surface area (Å²) < 4.78 is 2.59. The second-order valence-corrected chi connectivity index (χ2v) is 9.31. The predicted octanol–water partition coefficient (Wildman–Crippen LogP) is 3.93. The fourth-order valence-electron chi connectivity index (χ4n) is 3.30. The van der Waals surface area contributed by atoms with Gasteiger partial charge in [-0.3, -0.25) is 14.2 Å². The van der Waals surface area contributed by atoms with E-state index < -0.39 is 0 Å². The van der Waals surface area contributed by atoms with Crippen molar-refractivity contribution in [2.45, 2.75) is 30.8 Å². The van der Waals surface area contributed by atoms with Gasteiger partial charge in [0.05, 0.1) is 16.8 Å². The van der Waals surface area contributed by atoms with Crippen LogP contribution in [-0.4, -0.2) is 28.3 Å². The van der Waals surface area contributed by atoms with E-state index in [2.05, 4.69) is 21.2 Å². The van der Waals surface area contributed by atoms with E-state index in [1.807, 2.05) is 24.3 Å². The van der Waals surface area contributed by atoms with Gasteiger partial charge >= 0.3 is 0 Å². The quantitative estimate of drug-likeness (QED) is 0.470. The number of thiophene rings is 1. The van der Waals surface area contributed by atoms with Crippen LogP contribution in [-0.2, 0) is 17.6 Å². The minimum atomic E-state index is -0.0952. The topological polar surface area (TPSA) is 64.0 Å². The van der Waals surface area contributed by atoms with Gasteiger partial charge in [-0.05, 0) is 55.5 Å². The number of nitrogens with one attached hydrogen (secondary N) is 1. The maximum Gasteiger partial charge on any atom is 0.267 e. The highest BCUT2D eigenvalue weighted by Gasteiger charge is 2.23. The standard InChI is InChI=1S/C19H18BrN3O2S2/c1-21-15(24)10-26-19-22-17-16(13-4-2-3-5-14(13)27-17)18(25)23(19)12-8-6-11(20)7-9-12/h6-9H,2-5,10H2,1H3,(H,21,24). The van der Waals surface area contributed by atoms with E-state index in [1.54, 1.807) is 23.0 Å². The maximum atomic E-state index is 13.5. The van der Waals surface area contributed by atoms with Crippen molar-refractivity contribution in [3.63, 3.8) is 0 Å². The molecule has 27 heavy (non-hydrogen) atoms. The molecule has 0 saturated carbocycles. The molecule has 3 aromatic rings. The van der Waals surface area contributed by atoms with E-state index in [-0.39, 0.29) is 17.2 Å². The van der Waals surface area contributed by atoms with Crippen molar-refractivity contribution < 1.29 is 4.79 Å². The molecule has 1 amide bonds. The van der Waals surface area contributed by atoms with Gasteiger partial charge in [0.15, 0.2) is 5.16 Å². The molecule has 0 spiro atoms. The molecule has 1 N–H and O–H groups in total. The number of amides is 1. The molecule has 1 aliphatic rings. The Morgan fingerprint density at radius 1 is 1.30 bits per heavy atom. The molecule has 0 aliphatic heterocycles. The van der Waals surface area contributed by atoms with Crippen LogP contribution in [0.1, 0.15) is 23.3 Å². The molecule has 2 aromatic heterocycles. The van der Waals surface area contributed by atoms with Crippen LogP contribution < -0.4 is 10.9 Å². The minimum Gasteiger partial charge on any atom is -0.358 e. The Kier molecular flexibility index (Phi) is 5.39. The maximum absolute atomic E-state index is 13.5. The van der Waals surface area contributed by atoms with Gasteiger partial charge in [-0.25, -0.2) is 4.98 Å². The van der Waals surface area contributed by atoms with Crippen LogP contribution in [0, 0.1) is 0 Å². The SMILES string of the molecule is CNC(=O)CSc1nc2sc3c(c2c(=O)n1-c1ccc(Br)cc1)CCCC3. The first-order valence-corrected chi connectivity index (χ1v) is 11.3. The molecule has 0 atom stereocenters. The van der Waals surface area contributed by atoms with E-state index in [0.717, 1.165) is 39.6 Å². The zero-order valence-electron chi connectivity index (χ0n) is 14.8. The number of rotatable bonds is 4. The molecule has 0 unspecified atom stereocenters. The number of carbonyl (C=O) groups excluding carboxylic acids is 1. The monoisotopic (exact) mass is 463 g/mol. The van der Waals surface area contributed by atoms with Crippen LogP contribution >= 0.6 is 39.0 Å². The molecule has 8 heteroatoms. The van der Waals surface area contributed by atoms with Gasteiger partial charge in [-0.2, -0.15) is 0 Å². The number of halogens is 1. The first kappa shape index (κ1) is 18.7. The number of carbonyl (C=O) groups is 1. The summed E-state index contributed by atoms with van der Waals surface area (Å²) in [5, 5.41) is 3.92.